The monoisotopic (exact) mass is 409 g/mol. The summed E-state index contributed by atoms with van der Waals surface area (Å²) in [6.07, 6.45) is 0. The first kappa shape index (κ1) is 20.0. The van der Waals surface area contributed by atoms with E-state index in [0.717, 1.165) is 0 Å². The van der Waals surface area contributed by atoms with Gasteiger partial charge in [0.15, 0.2) is 21.3 Å². The average Bonchev–Trinajstić information content (AvgIpc) is 3.15. The lowest BCUT2D eigenvalue weighted by Crippen LogP contribution is -2.57. The third-order valence-corrected chi connectivity index (χ3v) is 6.93. The van der Waals surface area contributed by atoms with E-state index in [-0.39, 0.29) is 30.4 Å². The van der Waals surface area contributed by atoms with Crippen LogP contribution in [0, 0.1) is 0 Å². The standard InChI is InChI=1S/C18H23N3O6S/c1-5-28(23,24)12-9-21(10-12)18(22)14-8-13(19-20-14)11-6-15(25-2)17(27-4)16(7-11)26-3/h6-8,12H,5,9-10H2,1-4H3,(H,19,20). The fourth-order valence-corrected chi connectivity index (χ4v) is 4.33. The van der Waals surface area contributed by atoms with Gasteiger partial charge < -0.3 is 19.1 Å². The molecule has 152 valence electrons. The summed E-state index contributed by atoms with van der Waals surface area (Å²) >= 11 is 0. The number of aromatic amines is 1. The van der Waals surface area contributed by atoms with Crippen molar-refractivity contribution >= 4 is 15.7 Å². The smallest absolute Gasteiger partial charge is 0.271 e. The Balaban J connectivity index is 1.80. The van der Waals surface area contributed by atoms with Gasteiger partial charge in [-0.2, -0.15) is 5.10 Å². The lowest BCUT2D eigenvalue weighted by Gasteiger charge is -2.38. The quantitative estimate of drug-likeness (QED) is 0.735. The van der Waals surface area contributed by atoms with Gasteiger partial charge in [-0.1, -0.05) is 6.92 Å². The first-order valence-electron chi connectivity index (χ1n) is 8.71. The molecule has 0 radical (unpaired) electrons. The molecule has 1 fully saturated rings. The summed E-state index contributed by atoms with van der Waals surface area (Å²) < 4.78 is 39.7. The molecular formula is C18H23N3O6S. The molecule has 0 aliphatic carbocycles. The van der Waals surface area contributed by atoms with E-state index in [1.165, 1.54) is 26.2 Å². The lowest BCUT2D eigenvalue weighted by atomic mass is 10.1. The Morgan fingerprint density at radius 1 is 1.14 bits per heavy atom. The molecule has 1 amide bonds. The number of ether oxygens (including phenoxy) is 3. The highest BCUT2D eigenvalue weighted by Gasteiger charge is 2.39. The van der Waals surface area contributed by atoms with Gasteiger partial charge in [0.25, 0.3) is 5.91 Å². The Kier molecular flexibility index (Phi) is 5.50. The summed E-state index contributed by atoms with van der Waals surface area (Å²) in [5.41, 5.74) is 1.50. The Bertz CT molecular complexity index is 954. The second-order valence-corrected chi connectivity index (χ2v) is 8.93. The molecule has 2 heterocycles. The van der Waals surface area contributed by atoms with Crippen molar-refractivity contribution < 1.29 is 27.4 Å². The molecule has 1 aromatic carbocycles. The van der Waals surface area contributed by atoms with Crippen molar-refractivity contribution in [1.82, 2.24) is 15.1 Å². The van der Waals surface area contributed by atoms with Gasteiger partial charge in [0.1, 0.15) is 5.69 Å². The number of carbonyl (C=O) groups excluding carboxylic acids is 1. The van der Waals surface area contributed by atoms with Crippen LogP contribution in [0.2, 0.25) is 0 Å². The maximum Gasteiger partial charge on any atom is 0.271 e. The van der Waals surface area contributed by atoms with Crippen LogP contribution in [-0.2, 0) is 9.84 Å². The topological polar surface area (TPSA) is 111 Å². The molecule has 1 saturated heterocycles. The zero-order chi connectivity index (χ0) is 20.5. The van der Waals surface area contributed by atoms with Crippen molar-refractivity contribution in [3.63, 3.8) is 0 Å². The van der Waals surface area contributed by atoms with Crippen LogP contribution >= 0.6 is 0 Å². The van der Waals surface area contributed by atoms with Crippen molar-refractivity contribution in [1.29, 1.82) is 0 Å². The number of hydrogen-bond donors (Lipinski definition) is 1. The molecule has 10 heteroatoms. The van der Waals surface area contributed by atoms with E-state index in [1.807, 2.05) is 0 Å². The van der Waals surface area contributed by atoms with Crippen LogP contribution < -0.4 is 14.2 Å². The van der Waals surface area contributed by atoms with E-state index in [0.29, 0.717) is 28.5 Å². The molecule has 0 spiro atoms. The van der Waals surface area contributed by atoms with Crippen LogP contribution in [0.3, 0.4) is 0 Å². The number of methoxy groups -OCH3 is 3. The van der Waals surface area contributed by atoms with Crippen molar-refractivity contribution in [2.45, 2.75) is 12.2 Å². The van der Waals surface area contributed by atoms with E-state index < -0.39 is 15.1 Å². The van der Waals surface area contributed by atoms with E-state index in [9.17, 15) is 13.2 Å². The van der Waals surface area contributed by atoms with Crippen molar-refractivity contribution in [2.75, 3.05) is 40.2 Å². The predicted octanol–water partition coefficient (Wildman–Crippen LogP) is 1.36. The number of hydrogen-bond acceptors (Lipinski definition) is 7. The Morgan fingerprint density at radius 3 is 2.25 bits per heavy atom. The molecule has 3 rings (SSSR count). The van der Waals surface area contributed by atoms with Crippen LogP contribution in [0.4, 0.5) is 0 Å². The number of likely N-dealkylation sites (tertiary alicyclic amines) is 1. The highest BCUT2D eigenvalue weighted by Crippen LogP contribution is 2.40. The number of aromatic nitrogens is 2. The summed E-state index contributed by atoms with van der Waals surface area (Å²) in [5.74, 6) is 1.21. The third-order valence-electron chi connectivity index (χ3n) is 4.81. The summed E-state index contributed by atoms with van der Waals surface area (Å²) in [6, 6.07) is 5.09. The van der Waals surface area contributed by atoms with Crippen molar-refractivity contribution in [2.24, 2.45) is 0 Å². The number of rotatable bonds is 7. The molecule has 0 saturated carbocycles. The number of carbonyl (C=O) groups is 1. The fraction of sp³-hybridized carbons (Fsp3) is 0.444. The molecule has 0 unspecified atom stereocenters. The number of sulfone groups is 1. The van der Waals surface area contributed by atoms with E-state index >= 15 is 0 Å². The molecule has 9 nitrogen and oxygen atoms in total. The van der Waals surface area contributed by atoms with Gasteiger partial charge in [-0.3, -0.25) is 9.89 Å². The third kappa shape index (κ3) is 3.51. The second-order valence-electron chi connectivity index (χ2n) is 6.36. The van der Waals surface area contributed by atoms with Crippen LogP contribution in [-0.4, -0.2) is 74.8 Å². The van der Waals surface area contributed by atoms with Crippen LogP contribution in [0.25, 0.3) is 11.3 Å². The normalized spacial score (nSPS) is 14.5. The lowest BCUT2D eigenvalue weighted by molar-refractivity contribution is 0.0653. The van der Waals surface area contributed by atoms with E-state index in [1.54, 1.807) is 25.1 Å². The summed E-state index contributed by atoms with van der Waals surface area (Å²) in [6.45, 7) is 2.01. The van der Waals surface area contributed by atoms with Gasteiger partial charge >= 0.3 is 0 Å². The van der Waals surface area contributed by atoms with Gasteiger partial charge in [0, 0.05) is 24.4 Å². The second kappa shape index (κ2) is 7.70. The van der Waals surface area contributed by atoms with Crippen LogP contribution in [0.15, 0.2) is 18.2 Å². The maximum absolute atomic E-state index is 12.6. The first-order valence-corrected chi connectivity index (χ1v) is 10.4. The minimum absolute atomic E-state index is 0.0784. The zero-order valence-electron chi connectivity index (χ0n) is 16.2. The fourth-order valence-electron chi connectivity index (χ4n) is 3.05. The van der Waals surface area contributed by atoms with Gasteiger partial charge in [-0.25, -0.2) is 8.42 Å². The molecule has 1 aliphatic heterocycles. The number of nitrogens with zero attached hydrogens (tertiary/aromatic N) is 2. The Morgan fingerprint density at radius 2 is 1.75 bits per heavy atom. The number of amides is 1. The van der Waals surface area contributed by atoms with Crippen molar-refractivity contribution in [3.8, 4) is 28.5 Å². The molecule has 0 atom stereocenters. The minimum Gasteiger partial charge on any atom is -0.493 e. The van der Waals surface area contributed by atoms with Gasteiger partial charge in [-0.15, -0.1) is 0 Å². The molecule has 1 aliphatic rings. The highest BCUT2D eigenvalue weighted by molar-refractivity contribution is 7.92. The summed E-state index contributed by atoms with van der Waals surface area (Å²) in [7, 11) is 1.43. The van der Waals surface area contributed by atoms with Crippen molar-refractivity contribution in [3.05, 3.63) is 23.9 Å². The molecule has 2 aromatic rings. The number of H-pyrrole nitrogens is 1. The highest BCUT2D eigenvalue weighted by atomic mass is 32.2. The van der Waals surface area contributed by atoms with E-state index in [2.05, 4.69) is 10.2 Å². The summed E-state index contributed by atoms with van der Waals surface area (Å²) in [4.78, 5) is 14.1. The van der Waals surface area contributed by atoms with Gasteiger partial charge in [0.2, 0.25) is 5.75 Å². The molecule has 1 N–H and O–H groups in total. The average molecular weight is 409 g/mol. The van der Waals surface area contributed by atoms with Gasteiger partial charge in [0.05, 0.1) is 32.3 Å². The number of nitrogens with one attached hydrogen (secondary N) is 1. The SMILES string of the molecule is CCS(=O)(=O)C1CN(C(=O)c2cc(-c3cc(OC)c(OC)c(OC)c3)n[nH]2)C1. The van der Waals surface area contributed by atoms with Crippen LogP contribution in [0.1, 0.15) is 17.4 Å². The molecule has 0 bridgehead atoms. The Labute approximate surface area is 163 Å². The molecular weight excluding hydrogens is 386 g/mol. The predicted molar refractivity (Wildman–Crippen MR) is 103 cm³/mol. The largest absolute Gasteiger partial charge is 0.493 e. The first-order chi connectivity index (χ1) is 13.3. The summed E-state index contributed by atoms with van der Waals surface area (Å²) in [5, 5.41) is 6.43. The van der Waals surface area contributed by atoms with E-state index in [4.69, 9.17) is 14.2 Å². The van der Waals surface area contributed by atoms with Crippen LogP contribution in [0.5, 0.6) is 17.2 Å². The van der Waals surface area contributed by atoms with Gasteiger partial charge in [-0.05, 0) is 18.2 Å². The molecule has 1 aromatic heterocycles. The molecule has 28 heavy (non-hydrogen) atoms. The maximum atomic E-state index is 12.6. The minimum atomic E-state index is -3.13. The zero-order valence-corrected chi connectivity index (χ0v) is 17.0. The Hall–Kier alpha value is -2.75. The number of benzene rings is 1.